The molecule has 74 valence electrons. The van der Waals surface area contributed by atoms with E-state index in [4.69, 9.17) is 0 Å². The smallest absolute Gasteiger partial charge is 0.0184 e. The zero-order valence-corrected chi connectivity index (χ0v) is 10.5. The number of hydrogen-bond acceptors (Lipinski definition) is 1. The molecule has 2 aromatic carbocycles. The van der Waals surface area contributed by atoms with Crippen LogP contribution < -0.4 is 0 Å². The Labute approximate surface area is 99.0 Å². The van der Waals surface area contributed by atoms with E-state index in [2.05, 4.69) is 57.6 Å². The van der Waals surface area contributed by atoms with Crippen LogP contribution in [-0.4, -0.2) is 25.4 Å². The third-order valence-electron chi connectivity index (χ3n) is 2.01. The second kappa shape index (κ2) is 5.70. The summed E-state index contributed by atoms with van der Waals surface area (Å²) in [5, 5.41) is 2.62. The summed E-state index contributed by atoms with van der Waals surface area (Å²) in [6.45, 7) is 0. The normalized spacial score (nSPS) is 9.33. The monoisotopic (exact) mass is 311 g/mol. The Bertz CT molecular complexity index is 420. The maximum Gasteiger partial charge on any atom is -0.0184 e. The van der Waals surface area contributed by atoms with Crippen LogP contribution in [0.2, 0.25) is 0 Å². The van der Waals surface area contributed by atoms with Crippen LogP contribution in [0.1, 0.15) is 0 Å². The minimum Gasteiger partial charge on any atom is -0.0616 e. The standard InChI is InChI=1S/C10H8.C3H3NTe/c1-2-6-10-8-4-3-7-9(10)5-1;1-2-5-3-4-1/h1-8H;1-3H. The van der Waals surface area contributed by atoms with Gasteiger partial charge in [0.15, 0.2) is 0 Å². The summed E-state index contributed by atoms with van der Waals surface area (Å²) in [7, 11) is 0. The van der Waals surface area contributed by atoms with Crippen molar-refractivity contribution in [3.63, 3.8) is 0 Å². The van der Waals surface area contributed by atoms with Crippen molar-refractivity contribution in [1.82, 2.24) is 4.98 Å². The van der Waals surface area contributed by atoms with Crippen LogP contribution in [0.4, 0.5) is 0 Å². The average Bonchev–Trinajstić information content (AvgIpc) is 2.88. The predicted octanol–water partition coefficient (Wildman–Crippen LogP) is 2.98. The van der Waals surface area contributed by atoms with Gasteiger partial charge >= 0.3 is 39.9 Å². The molecule has 0 amide bonds. The van der Waals surface area contributed by atoms with Crippen molar-refractivity contribution < 1.29 is 0 Å². The van der Waals surface area contributed by atoms with Crippen LogP contribution >= 0.6 is 0 Å². The first-order chi connectivity index (χ1) is 7.47. The summed E-state index contributed by atoms with van der Waals surface area (Å²) in [6.07, 6.45) is 1.86. The van der Waals surface area contributed by atoms with E-state index in [9.17, 15) is 0 Å². The van der Waals surface area contributed by atoms with E-state index in [-0.39, 0.29) is 20.4 Å². The molecule has 1 nitrogen and oxygen atoms in total. The Morgan fingerprint density at radius 2 is 1.33 bits per heavy atom. The first-order valence-electron chi connectivity index (χ1n) is 4.73. The molecular formula is C13H11NTe. The SMILES string of the molecule is c1c[te]cn1.c1ccc2ccccc2c1. The fraction of sp³-hybridized carbons (Fsp3) is 0. The van der Waals surface area contributed by atoms with Gasteiger partial charge in [-0.15, -0.1) is 0 Å². The Morgan fingerprint density at radius 3 is 1.60 bits per heavy atom. The van der Waals surface area contributed by atoms with Crippen molar-refractivity contribution in [2.24, 2.45) is 0 Å². The molecule has 0 unspecified atom stereocenters. The Morgan fingerprint density at radius 1 is 0.800 bits per heavy atom. The molecular weight excluding hydrogens is 298 g/mol. The molecule has 0 saturated carbocycles. The zero-order chi connectivity index (χ0) is 10.3. The first kappa shape index (κ1) is 10.4. The van der Waals surface area contributed by atoms with E-state index in [0.717, 1.165) is 0 Å². The van der Waals surface area contributed by atoms with Crippen molar-refractivity contribution in [2.75, 3.05) is 0 Å². The molecule has 0 atom stereocenters. The Balaban J connectivity index is 0.000000144. The van der Waals surface area contributed by atoms with E-state index in [1.54, 1.807) is 0 Å². The molecule has 0 fully saturated rings. The Hall–Kier alpha value is -1.10. The van der Waals surface area contributed by atoms with Crippen molar-refractivity contribution in [1.29, 1.82) is 0 Å². The molecule has 2 heteroatoms. The van der Waals surface area contributed by atoms with Gasteiger partial charge in [-0.2, -0.15) is 0 Å². The number of aromatic nitrogens is 1. The van der Waals surface area contributed by atoms with Gasteiger partial charge in [0, 0.05) is 0 Å². The number of rotatable bonds is 0. The van der Waals surface area contributed by atoms with Crippen LogP contribution in [0.3, 0.4) is 0 Å². The van der Waals surface area contributed by atoms with Gasteiger partial charge in [-0.25, -0.2) is 0 Å². The van der Waals surface area contributed by atoms with Crippen LogP contribution in [0.25, 0.3) is 10.8 Å². The van der Waals surface area contributed by atoms with Gasteiger partial charge in [-0.05, 0) is 10.8 Å². The van der Waals surface area contributed by atoms with Gasteiger partial charge in [-0.1, -0.05) is 48.5 Å². The van der Waals surface area contributed by atoms with E-state index >= 15 is 0 Å². The van der Waals surface area contributed by atoms with Crippen molar-refractivity contribution in [2.45, 2.75) is 0 Å². The minimum absolute atomic E-state index is 0.132. The second-order valence-electron chi connectivity index (χ2n) is 3.02. The van der Waals surface area contributed by atoms with Gasteiger partial charge in [0.25, 0.3) is 0 Å². The minimum atomic E-state index is 0.132. The summed E-state index contributed by atoms with van der Waals surface area (Å²) in [6, 6.07) is 16.7. The molecule has 1 aromatic heterocycles. The third kappa shape index (κ3) is 3.20. The fourth-order valence-electron chi connectivity index (χ4n) is 1.31. The van der Waals surface area contributed by atoms with E-state index < -0.39 is 0 Å². The Kier molecular flexibility index (Phi) is 3.96. The quantitative estimate of drug-likeness (QED) is 0.582. The molecule has 1 heterocycles. The molecule has 0 N–H and O–H groups in total. The number of nitrogens with zero attached hydrogens (tertiary/aromatic N) is 1. The van der Waals surface area contributed by atoms with Gasteiger partial charge in [0.05, 0.1) is 0 Å². The van der Waals surface area contributed by atoms with Gasteiger partial charge in [-0.3, -0.25) is 0 Å². The summed E-state index contributed by atoms with van der Waals surface area (Å²) >= 11 is 0.132. The van der Waals surface area contributed by atoms with E-state index in [0.29, 0.717) is 0 Å². The molecule has 0 saturated heterocycles. The molecule has 0 aliphatic rings. The number of benzene rings is 2. The van der Waals surface area contributed by atoms with Gasteiger partial charge in [0.1, 0.15) is 0 Å². The number of fused-ring (bicyclic) bond motifs is 1. The molecule has 0 bridgehead atoms. The summed E-state index contributed by atoms with van der Waals surface area (Å²) in [5.41, 5.74) is 0. The zero-order valence-electron chi connectivity index (χ0n) is 8.21. The average molecular weight is 309 g/mol. The predicted molar refractivity (Wildman–Crippen MR) is 65.1 cm³/mol. The van der Waals surface area contributed by atoms with E-state index in [1.807, 2.05) is 10.4 Å². The molecule has 0 aliphatic carbocycles. The maximum absolute atomic E-state index is 3.84. The maximum atomic E-state index is 3.84. The second-order valence-corrected chi connectivity index (χ2v) is 5.18. The topological polar surface area (TPSA) is 12.9 Å². The summed E-state index contributed by atoms with van der Waals surface area (Å²) < 4.78 is 4.15. The molecule has 3 aromatic rings. The number of hydrogen-bond donors (Lipinski definition) is 0. The molecule has 3 rings (SSSR count). The van der Waals surface area contributed by atoms with E-state index in [1.165, 1.54) is 10.8 Å². The van der Waals surface area contributed by atoms with Gasteiger partial charge < -0.3 is 0 Å². The molecule has 0 spiro atoms. The first-order valence-corrected chi connectivity index (χ1v) is 7.42. The summed E-state index contributed by atoms with van der Waals surface area (Å²) in [4.78, 5) is 3.84. The van der Waals surface area contributed by atoms with Crippen molar-refractivity contribution in [3.05, 3.63) is 63.0 Å². The molecule has 15 heavy (non-hydrogen) atoms. The van der Waals surface area contributed by atoms with Gasteiger partial charge in [0.2, 0.25) is 0 Å². The third-order valence-corrected chi connectivity index (χ3v) is 3.50. The fourth-order valence-corrected chi connectivity index (χ4v) is 2.31. The molecule has 0 radical (unpaired) electrons. The summed E-state index contributed by atoms with van der Waals surface area (Å²) in [5.74, 6) is 0. The molecule has 0 aliphatic heterocycles. The van der Waals surface area contributed by atoms with Crippen LogP contribution in [0, 0.1) is 0 Å². The largest absolute Gasteiger partial charge is 0.0616 e. The van der Waals surface area contributed by atoms with Crippen LogP contribution in [0.5, 0.6) is 0 Å². The van der Waals surface area contributed by atoms with Crippen LogP contribution in [-0.2, 0) is 0 Å². The van der Waals surface area contributed by atoms with Crippen molar-refractivity contribution >= 4 is 31.2 Å². The van der Waals surface area contributed by atoms with Crippen LogP contribution in [0.15, 0.2) is 63.0 Å². The van der Waals surface area contributed by atoms with Crippen molar-refractivity contribution in [3.8, 4) is 0 Å².